The van der Waals surface area contributed by atoms with Crippen molar-refractivity contribution in [3.05, 3.63) is 76.1 Å². The minimum Gasteiger partial charge on any atom is -0.487 e. The molecule has 0 radical (unpaired) electrons. The van der Waals surface area contributed by atoms with Crippen LogP contribution in [0.4, 0.5) is 5.82 Å². The van der Waals surface area contributed by atoms with Gasteiger partial charge in [-0.1, -0.05) is 11.6 Å². The molecule has 1 atom stereocenters. The van der Waals surface area contributed by atoms with Crippen molar-refractivity contribution in [2.75, 3.05) is 31.6 Å². The SMILES string of the molecule is O=c1cc(OCc2ccc(Cl)cn2)ccn1-c1ccc(NCCN2CCC[C@@H]2CO)nc1. The van der Waals surface area contributed by atoms with Crippen LogP contribution in [-0.4, -0.2) is 56.8 Å². The quantitative estimate of drug-likeness (QED) is 0.512. The molecule has 9 heteroatoms. The molecule has 0 unspecified atom stereocenters. The van der Waals surface area contributed by atoms with E-state index in [-0.39, 0.29) is 24.8 Å². The van der Waals surface area contributed by atoms with Crippen molar-refractivity contribution < 1.29 is 9.84 Å². The van der Waals surface area contributed by atoms with Crippen molar-refractivity contribution in [2.24, 2.45) is 0 Å². The maximum Gasteiger partial charge on any atom is 0.258 e. The summed E-state index contributed by atoms with van der Waals surface area (Å²) >= 11 is 5.83. The molecule has 0 spiro atoms. The second-order valence-electron chi connectivity index (χ2n) is 7.67. The third-order valence-electron chi connectivity index (χ3n) is 5.51. The van der Waals surface area contributed by atoms with E-state index in [1.807, 2.05) is 12.1 Å². The fraction of sp³-hybridized carbons (Fsp3) is 0.348. The Morgan fingerprint density at radius 2 is 2.09 bits per heavy atom. The maximum atomic E-state index is 12.5. The Morgan fingerprint density at radius 1 is 1.19 bits per heavy atom. The van der Waals surface area contributed by atoms with Gasteiger partial charge in [0.1, 0.15) is 18.2 Å². The number of aromatic nitrogens is 3. The van der Waals surface area contributed by atoms with Crippen molar-refractivity contribution in [1.82, 2.24) is 19.4 Å². The van der Waals surface area contributed by atoms with Gasteiger partial charge in [-0.25, -0.2) is 4.98 Å². The first-order valence-electron chi connectivity index (χ1n) is 10.6. The largest absolute Gasteiger partial charge is 0.487 e. The number of pyridine rings is 3. The van der Waals surface area contributed by atoms with Gasteiger partial charge in [0.15, 0.2) is 0 Å². The summed E-state index contributed by atoms with van der Waals surface area (Å²) in [4.78, 5) is 23.4. The molecular formula is C23H26ClN5O3. The molecule has 168 valence electrons. The van der Waals surface area contributed by atoms with Crippen LogP contribution in [0, 0.1) is 0 Å². The van der Waals surface area contributed by atoms with Crippen LogP contribution in [0.5, 0.6) is 5.75 Å². The smallest absolute Gasteiger partial charge is 0.258 e. The van der Waals surface area contributed by atoms with Crippen molar-refractivity contribution >= 4 is 17.4 Å². The molecule has 0 aromatic carbocycles. The zero-order valence-electron chi connectivity index (χ0n) is 17.7. The summed E-state index contributed by atoms with van der Waals surface area (Å²) in [5.74, 6) is 1.22. The zero-order valence-corrected chi connectivity index (χ0v) is 18.4. The van der Waals surface area contributed by atoms with Gasteiger partial charge in [0, 0.05) is 37.6 Å². The summed E-state index contributed by atoms with van der Waals surface area (Å²) in [6.07, 6.45) is 7.07. The molecule has 1 saturated heterocycles. The first kappa shape index (κ1) is 22.3. The molecule has 32 heavy (non-hydrogen) atoms. The summed E-state index contributed by atoms with van der Waals surface area (Å²) < 4.78 is 7.17. The Kier molecular flexibility index (Phi) is 7.36. The number of nitrogens with one attached hydrogen (secondary N) is 1. The second-order valence-corrected chi connectivity index (χ2v) is 8.11. The number of anilines is 1. The van der Waals surface area contributed by atoms with E-state index in [9.17, 15) is 9.90 Å². The standard InChI is InChI=1S/C23H26ClN5O3/c24-17-3-4-18(26-13-17)16-32-21-7-10-29(23(31)12-21)19-5-6-22(27-14-19)25-8-11-28-9-1-2-20(28)15-30/h3-7,10,12-14,20,30H,1-2,8-9,11,15-16H2,(H,25,27)/t20-/m1/s1. The average molecular weight is 456 g/mol. The van der Waals surface area contributed by atoms with Gasteiger partial charge in [0.2, 0.25) is 0 Å². The van der Waals surface area contributed by atoms with Crippen LogP contribution in [-0.2, 0) is 6.61 Å². The Morgan fingerprint density at radius 3 is 2.81 bits per heavy atom. The predicted molar refractivity (Wildman–Crippen MR) is 124 cm³/mol. The number of hydrogen-bond acceptors (Lipinski definition) is 7. The number of nitrogens with zero attached hydrogens (tertiary/aromatic N) is 4. The van der Waals surface area contributed by atoms with E-state index < -0.39 is 0 Å². The van der Waals surface area contributed by atoms with Crippen LogP contribution >= 0.6 is 11.6 Å². The van der Waals surface area contributed by atoms with Gasteiger partial charge < -0.3 is 15.2 Å². The van der Waals surface area contributed by atoms with Gasteiger partial charge in [-0.2, -0.15) is 0 Å². The van der Waals surface area contributed by atoms with E-state index in [1.165, 1.54) is 10.6 Å². The van der Waals surface area contributed by atoms with E-state index in [0.717, 1.165) is 44.0 Å². The van der Waals surface area contributed by atoms with E-state index in [0.29, 0.717) is 16.5 Å². The molecule has 8 nitrogen and oxygen atoms in total. The number of halogens is 1. The highest BCUT2D eigenvalue weighted by Gasteiger charge is 2.22. The number of rotatable bonds is 9. The molecule has 2 N–H and O–H groups in total. The summed E-state index contributed by atoms with van der Waals surface area (Å²) in [5, 5.41) is 13.3. The summed E-state index contributed by atoms with van der Waals surface area (Å²) in [7, 11) is 0. The lowest BCUT2D eigenvalue weighted by Crippen LogP contribution is -2.35. The number of aliphatic hydroxyl groups is 1. The molecular weight excluding hydrogens is 430 g/mol. The van der Waals surface area contributed by atoms with Crippen LogP contribution in [0.1, 0.15) is 18.5 Å². The highest BCUT2D eigenvalue weighted by atomic mass is 35.5. The number of likely N-dealkylation sites (tertiary alicyclic amines) is 1. The molecule has 1 fully saturated rings. The van der Waals surface area contributed by atoms with Crippen molar-refractivity contribution in [3.8, 4) is 11.4 Å². The third-order valence-corrected chi connectivity index (χ3v) is 5.73. The number of ether oxygens (including phenoxy) is 1. The Hall–Kier alpha value is -2.94. The topological polar surface area (TPSA) is 92.5 Å². The third kappa shape index (κ3) is 5.64. The average Bonchev–Trinajstić information content (AvgIpc) is 3.27. The van der Waals surface area contributed by atoms with Crippen LogP contribution in [0.2, 0.25) is 5.02 Å². The van der Waals surface area contributed by atoms with Crippen molar-refractivity contribution in [2.45, 2.75) is 25.5 Å². The Labute approximate surface area is 191 Å². The van der Waals surface area contributed by atoms with E-state index in [4.69, 9.17) is 16.3 Å². The van der Waals surface area contributed by atoms with Crippen LogP contribution in [0.3, 0.4) is 0 Å². The van der Waals surface area contributed by atoms with E-state index in [1.54, 1.807) is 36.8 Å². The first-order chi connectivity index (χ1) is 15.6. The summed E-state index contributed by atoms with van der Waals surface area (Å²) in [6, 6.07) is 10.7. The molecule has 0 bridgehead atoms. The van der Waals surface area contributed by atoms with Gasteiger partial charge in [-0.3, -0.25) is 19.2 Å². The van der Waals surface area contributed by atoms with Crippen molar-refractivity contribution in [1.29, 1.82) is 0 Å². The summed E-state index contributed by atoms with van der Waals surface area (Å²) in [5.41, 5.74) is 1.19. The van der Waals surface area contributed by atoms with Crippen LogP contribution in [0.25, 0.3) is 5.69 Å². The zero-order chi connectivity index (χ0) is 22.3. The van der Waals surface area contributed by atoms with Gasteiger partial charge in [0.25, 0.3) is 5.56 Å². The molecule has 3 aromatic heterocycles. The fourth-order valence-electron chi connectivity index (χ4n) is 3.77. The predicted octanol–water partition coefficient (Wildman–Crippen LogP) is 2.73. The minimum atomic E-state index is -0.210. The Balaban J connectivity index is 1.32. The van der Waals surface area contributed by atoms with Gasteiger partial charge in [-0.05, 0) is 49.7 Å². The van der Waals surface area contributed by atoms with Crippen LogP contribution < -0.4 is 15.6 Å². The molecule has 4 rings (SSSR count). The molecule has 0 saturated carbocycles. The lowest BCUT2D eigenvalue weighted by atomic mass is 10.2. The molecule has 0 amide bonds. The fourth-order valence-corrected chi connectivity index (χ4v) is 3.88. The van der Waals surface area contributed by atoms with Crippen molar-refractivity contribution in [3.63, 3.8) is 0 Å². The van der Waals surface area contributed by atoms with E-state index >= 15 is 0 Å². The first-order valence-corrected chi connectivity index (χ1v) is 11.0. The Bertz CT molecular complexity index is 1070. The monoisotopic (exact) mass is 455 g/mol. The maximum absolute atomic E-state index is 12.5. The summed E-state index contributed by atoms with van der Waals surface area (Å²) in [6.45, 7) is 3.10. The molecule has 1 aliphatic rings. The van der Waals surface area contributed by atoms with Gasteiger partial charge >= 0.3 is 0 Å². The van der Waals surface area contributed by atoms with Gasteiger partial charge in [-0.15, -0.1) is 0 Å². The molecule has 3 aromatic rings. The highest BCUT2D eigenvalue weighted by molar-refractivity contribution is 6.30. The lowest BCUT2D eigenvalue weighted by Gasteiger charge is -2.22. The van der Waals surface area contributed by atoms with E-state index in [2.05, 4.69) is 20.2 Å². The number of aliphatic hydroxyl groups excluding tert-OH is 1. The normalized spacial score (nSPS) is 16.2. The lowest BCUT2D eigenvalue weighted by molar-refractivity contribution is 0.163. The molecule has 0 aliphatic carbocycles. The molecule has 1 aliphatic heterocycles. The van der Waals surface area contributed by atoms with Gasteiger partial charge in [0.05, 0.1) is 29.2 Å². The number of hydrogen-bond donors (Lipinski definition) is 2. The van der Waals surface area contributed by atoms with Crippen LogP contribution in [0.15, 0.2) is 59.8 Å². The highest BCUT2D eigenvalue weighted by Crippen LogP contribution is 2.16. The molecule has 4 heterocycles. The minimum absolute atomic E-state index is 0.210. The second kappa shape index (κ2) is 10.6.